The molecule has 3 aromatic carbocycles. The number of rotatable bonds is 6. The van der Waals surface area contributed by atoms with E-state index in [9.17, 15) is 8.42 Å². The van der Waals surface area contributed by atoms with Gasteiger partial charge in [0.25, 0.3) is 10.0 Å². The lowest BCUT2D eigenvalue weighted by atomic mass is 10.1. The summed E-state index contributed by atoms with van der Waals surface area (Å²) < 4.78 is 30.9. The molecule has 6 nitrogen and oxygen atoms in total. The van der Waals surface area contributed by atoms with Crippen LogP contribution in [-0.2, 0) is 10.0 Å². The lowest BCUT2D eigenvalue weighted by Gasteiger charge is -2.18. The molecule has 4 rings (SSSR count). The van der Waals surface area contributed by atoms with Crippen molar-refractivity contribution in [2.24, 2.45) is 4.40 Å². The summed E-state index contributed by atoms with van der Waals surface area (Å²) in [6.07, 6.45) is 0. The molecule has 0 aliphatic carbocycles. The number of hydrogen-bond acceptors (Lipinski definition) is 6. The predicted molar refractivity (Wildman–Crippen MR) is 131 cm³/mol. The third-order valence-electron chi connectivity index (χ3n) is 4.59. The normalized spacial score (nSPS) is 11.9. The zero-order chi connectivity index (χ0) is 22.6. The minimum absolute atomic E-state index is 0.145. The van der Waals surface area contributed by atoms with Gasteiger partial charge in [0.1, 0.15) is 10.5 Å². The first-order valence-electron chi connectivity index (χ1n) is 9.90. The molecule has 4 aromatic rings. The molecule has 0 saturated heterocycles. The summed E-state index contributed by atoms with van der Waals surface area (Å²) in [4.78, 5) is 6.79. The maximum absolute atomic E-state index is 13.1. The van der Waals surface area contributed by atoms with Crippen molar-refractivity contribution in [3.63, 3.8) is 0 Å². The second-order valence-corrected chi connectivity index (χ2v) is 9.74. The molecule has 8 heteroatoms. The second-order valence-electron chi connectivity index (χ2n) is 7.15. The number of sulfonamides is 1. The highest BCUT2D eigenvalue weighted by Crippen LogP contribution is 2.30. The van der Waals surface area contributed by atoms with E-state index in [-0.39, 0.29) is 4.90 Å². The largest absolute Gasteiger partial charge is 0.362 e. The summed E-state index contributed by atoms with van der Waals surface area (Å²) >= 11 is 1.20. The van der Waals surface area contributed by atoms with Gasteiger partial charge in [0.05, 0.1) is 10.5 Å². The van der Waals surface area contributed by atoms with Crippen LogP contribution in [0.5, 0.6) is 0 Å². The van der Waals surface area contributed by atoms with E-state index in [4.69, 9.17) is 4.98 Å². The second kappa shape index (κ2) is 9.33. The van der Waals surface area contributed by atoms with Gasteiger partial charge in [0.2, 0.25) is 0 Å². The number of para-hydroxylation sites is 1. The van der Waals surface area contributed by atoms with Crippen LogP contribution in [0.2, 0.25) is 0 Å². The van der Waals surface area contributed by atoms with Crippen LogP contribution in [0.3, 0.4) is 0 Å². The fourth-order valence-corrected chi connectivity index (χ4v) is 5.27. The molecule has 0 amide bonds. The van der Waals surface area contributed by atoms with Crippen LogP contribution in [0.4, 0.5) is 16.6 Å². The molecule has 162 valence electrons. The Morgan fingerprint density at radius 3 is 2.00 bits per heavy atom. The monoisotopic (exact) mass is 462 g/mol. The molecular formula is C24H22N4O2S2. The molecular weight excluding hydrogens is 440 g/mol. The first-order chi connectivity index (χ1) is 15.4. The molecule has 0 aliphatic rings. The Kier molecular flexibility index (Phi) is 6.34. The van der Waals surface area contributed by atoms with Gasteiger partial charge in [-0.2, -0.15) is 8.42 Å². The molecule has 0 bridgehead atoms. The molecule has 1 N–H and O–H groups in total. The highest BCUT2D eigenvalue weighted by atomic mass is 32.2. The smallest absolute Gasteiger partial charge is 0.283 e. The van der Waals surface area contributed by atoms with E-state index in [0.29, 0.717) is 21.2 Å². The first-order valence-corrected chi connectivity index (χ1v) is 12.2. The van der Waals surface area contributed by atoms with Crippen LogP contribution >= 0.6 is 11.3 Å². The zero-order valence-corrected chi connectivity index (χ0v) is 19.3. The van der Waals surface area contributed by atoms with Crippen LogP contribution in [0.1, 0.15) is 0 Å². The Balaban J connectivity index is 1.98. The average Bonchev–Trinajstić information content (AvgIpc) is 2.80. The summed E-state index contributed by atoms with van der Waals surface area (Å²) in [6.45, 7) is 0. The van der Waals surface area contributed by atoms with Gasteiger partial charge >= 0.3 is 0 Å². The highest BCUT2D eigenvalue weighted by Gasteiger charge is 2.18. The van der Waals surface area contributed by atoms with E-state index in [0.717, 1.165) is 11.3 Å². The van der Waals surface area contributed by atoms with Gasteiger partial charge in [-0.25, -0.2) is 4.98 Å². The van der Waals surface area contributed by atoms with Crippen molar-refractivity contribution >= 4 is 38.0 Å². The molecule has 32 heavy (non-hydrogen) atoms. The summed E-state index contributed by atoms with van der Waals surface area (Å²) in [7, 11) is -0.162. The van der Waals surface area contributed by atoms with Crippen molar-refractivity contribution in [3.8, 4) is 11.1 Å². The van der Waals surface area contributed by atoms with E-state index in [1.807, 2.05) is 79.7 Å². The van der Waals surface area contributed by atoms with Crippen molar-refractivity contribution in [3.05, 3.63) is 95.7 Å². The molecule has 1 heterocycles. The Hall–Kier alpha value is -3.49. The fraction of sp³-hybridized carbons (Fsp3) is 0.0833. The minimum Gasteiger partial charge on any atom is -0.362 e. The van der Waals surface area contributed by atoms with Crippen molar-refractivity contribution in [1.29, 1.82) is 0 Å². The van der Waals surface area contributed by atoms with Gasteiger partial charge < -0.3 is 10.2 Å². The number of benzene rings is 3. The summed E-state index contributed by atoms with van der Waals surface area (Å²) in [5.41, 5.74) is 2.36. The van der Waals surface area contributed by atoms with E-state index in [2.05, 4.69) is 9.71 Å². The number of nitrogens with zero attached hydrogens (tertiary/aromatic N) is 3. The van der Waals surface area contributed by atoms with Gasteiger partial charge in [0.15, 0.2) is 5.13 Å². The SMILES string of the molecule is CN(C)c1nc(Nc2ccccc2)s/c(=N\S(=O)(=O)c2ccccc2)c1-c1ccccc1. The van der Waals surface area contributed by atoms with Gasteiger partial charge in [-0.1, -0.05) is 78.1 Å². The standard InChI is InChI=1S/C24H22N4O2S2/c1-28(2)22-21(18-12-6-3-7-13-18)23(27-32(29,30)20-16-10-5-11-17-20)31-24(26-22)25-19-14-8-4-9-15-19/h3-17H,1-2H3,(H,25,26)/b27-23-. The zero-order valence-electron chi connectivity index (χ0n) is 17.6. The van der Waals surface area contributed by atoms with E-state index >= 15 is 0 Å². The topological polar surface area (TPSA) is 74.7 Å². The van der Waals surface area contributed by atoms with Crippen LogP contribution in [0.15, 0.2) is 100 Å². The van der Waals surface area contributed by atoms with Crippen molar-refractivity contribution in [2.45, 2.75) is 4.90 Å². The Morgan fingerprint density at radius 2 is 1.41 bits per heavy atom. The minimum atomic E-state index is -3.91. The lowest BCUT2D eigenvalue weighted by molar-refractivity contribution is 0.597. The Bertz CT molecular complexity index is 1370. The molecule has 0 spiro atoms. The van der Waals surface area contributed by atoms with Crippen LogP contribution in [0.25, 0.3) is 11.1 Å². The molecule has 0 radical (unpaired) electrons. The Morgan fingerprint density at radius 1 is 0.844 bits per heavy atom. The highest BCUT2D eigenvalue weighted by molar-refractivity contribution is 7.90. The fourth-order valence-electron chi connectivity index (χ4n) is 3.11. The number of aromatic nitrogens is 1. The quantitative estimate of drug-likeness (QED) is 0.441. The molecule has 0 atom stereocenters. The summed E-state index contributed by atoms with van der Waals surface area (Å²) in [6, 6.07) is 27.4. The summed E-state index contributed by atoms with van der Waals surface area (Å²) in [5, 5.41) is 3.81. The molecule has 0 aliphatic heterocycles. The Labute approximate surface area is 191 Å². The van der Waals surface area contributed by atoms with Crippen molar-refractivity contribution in [1.82, 2.24) is 4.98 Å². The maximum atomic E-state index is 13.1. The van der Waals surface area contributed by atoms with Crippen molar-refractivity contribution < 1.29 is 8.42 Å². The van der Waals surface area contributed by atoms with Gasteiger partial charge in [-0.3, -0.25) is 0 Å². The number of nitrogens with one attached hydrogen (secondary N) is 1. The van der Waals surface area contributed by atoms with Crippen LogP contribution in [0, 0.1) is 0 Å². The third kappa shape index (κ3) is 4.87. The summed E-state index contributed by atoms with van der Waals surface area (Å²) in [5.74, 6) is 0.621. The van der Waals surface area contributed by atoms with E-state index in [1.165, 1.54) is 11.3 Å². The molecule has 0 saturated carbocycles. The van der Waals surface area contributed by atoms with E-state index < -0.39 is 10.0 Å². The third-order valence-corrected chi connectivity index (χ3v) is 6.88. The predicted octanol–water partition coefficient (Wildman–Crippen LogP) is 4.91. The average molecular weight is 463 g/mol. The molecule has 0 unspecified atom stereocenters. The van der Waals surface area contributed by atoms with Gasteiger partial charge in [-0.15, -0.1) is 4.40 Å². The number of hydrogen-bond donors (Lipinski definition) is 1. The van der Waals surface area contributed by atoms with Crippen molar-refractivity contribution in [2.75, 3.05) is 24.3 Å². The maximum Gasteiger partial charge on any atom is 0.283 e. The van der Waals surface area contributed by atoms with Gasteiger partial charge in [-0.05, 0) is 29.8 Å². The van der Waals surface area contributed by atoms with Crippen LogP contribution < -0.4 is 14.9 Å². The first kappa shape index (κ1) is 21.7. The number of anilines is 3. The molecule has 0 fully saturated rings. The molecule has 1 aromatic heterocycles. The van der Waals surface area contributed by atoms with Gasteiger partial charge in [0, 0.05) is 19.8 Å². The lowest BCUT2D eigenvalue weighted by Crippen LogP contribution is -2.19. The van der Waals surface area contributed by atoms with Crippen LogP contribution in [-0.4, -0.2) is 27.5 Å². The van der Waals surface area contributed by atoms with E-state index in [1.54, 1.807) is 30.3 Å².